The van der Waals surface area contributed by atoms with Gasteiger partial charge in [0, 0.05) is 93.3 Å². The first-order valence-corrected chi connectivity index (χ1v) is 17.0. The van der Waals surface area contributed by atoms with E-state index in [1.807, 2.05) is 46.2 Å². The molecule has 0 aliphatic carbocycles. The van der Waals surface area contributed by atoms with Crippen molar-refractivity contribution in [2.45, 2.75) is 56.7 Å². The lowest BCUT2D eigenvalue weighted by Crippen LogP contribution is -2.54. The minimum Gasteiger partial charge on any atom is -0.436 e. The highest BCUT2D eigenvalue weighted by Crippen LogP contribution is 2.27. The van der Waals surface area contributed by atoms with Crippen LogP contribution in [0.1, 0.15) is 36.8 Å². The van der Waals surface area contributed by atoms with Crippen LogP contribution < -0.4 is 16.4 Å². The van der Waals surface area contributed by atoms with Crippen LogP contribution in [-0.2, 0) is 22.4 Å². The minimum atomic E-state index is -0.934. The molecule has 3 saturated heterocycles. The Bertz CT molecular complexity index is 1370. The van der Waals surface area contributed by atoms with Crippen molar-refractivity contribution in [2.24, 2.45) is 0 Å². The molecule has 1 unspecified atom stereocenters. The Labute approximate surface area is 273 Å². The van der Waals surface area contributed by atoms with E-state index in [1.54, 1.807) is 11.0 Å². The van der Waals surface area contributed by atoms with Crippen LogP contribution in [0.3, 0.4) is 0 Å². The van der Waals surface area contributed by atoms with Gasteiger partial charge in [-0.2, -0.15) is 0 Å². The lowest BCUT2D eigenvalue weighted by molar-refractivity contribution is -0.142. The van der Waals surface area contributed by atoms with E-state index in [9.17, 15) is 14.4 Å². The number of anilines is 2. The van der Waals surface area contributed by atoms with Crippen LogP contribution in [0.4, 0.5) is 21.0 Å². The normalized spacial score (nSPS) is 21.1. The fourth-order valence-electron chi connectivity index (χ4n) is 7.09. The number of piperazine rings is 1. The van der Waals surface area contributed by atoms with Gasteiger partial charge in [-0.15, -0.1) is 0 Å². The summed E-state index contributed by atoms with van der Waals surface area (Å²) in [6, 6.07) is 13.9. The van der Waals surface area contributed by atoms with Gasteiger partial charge in [-0.05, 0) is 77.4 Å². The fourth-order valence-corrected chi connectivity index (χ4v) is 7.51. The second-order valence-electron chi connectivity index (χ2n) is 12.5. The molecule has 2 aromatic carbocycles. The van der Waals surface area contributed by atoms with E-state index < -0.39 is 12.2 Å². The average molecular weight is 683 g/mol. The Kier molecular flexibility index (Phi) is 10.1. The number of carbonyl (C=O) groups excluding carboxylic acids is 3. The van der Waals surface area contributed by atoms with E-state index in [1.165, 1.54) is 0 Å². The smallest absolute Gasteiger partial charge is 0.410 e. The van der Waals surface area contributed by atoms with E-state index in [-0.39, 0.29) is 24.4 Å². The van der Waals surface area contributed by atoms with Crippen LogP contribution in [-0.4, -0.2) is 115 Å². The minimum absolute atomic E-state index is 0.0323. The van der Waals surface area contributed by atoms with Crippen LogP contribution in [0.5, 0.6) is 0 Å². The number of nitrogens with zero attached hydrogens (tertiary/aromatic N) is 4. The number of para-hydroxylation sites is 1. The van der Waals surface area contributed by atoms with Gasteiger partial charge in [0.2, 0.25) is 0 Å². The van der Waals surface area contributed by atoms with Crippen molar-refractivity contribution < 1.29 is 19.1 Å². The van der Waals surface area contributed by atoms with Gasteiger partial charge in [0.1, 0.15) is 0 Å². The summed E-state index contributed by atoms with van der Waals surface area (Å²) in [5, 5.41) is 6.46. The molecule has 3 fully saturated rings. The summed E-state index contributed by atoms with van der Waals surface area (Å²) in [7, 11) is 0. The van der Waals surface area contributed by atoms with Gasteiger partial charge < -0.3 is 35.8 Å². The largest absolute Gasteiger partial charge is 0.436 e. The van der Waals surface area contributed by atoms with Gasteiger partial charge in [0.05, 0.1) is 0 Å². The molecule has 4 aliphatic heterocycles. The third-order valence-electron chi connectivity index (χ3n) is 9.75. The highest BCUT2D eigenvalue weighted by molar-refractivity contribution is 9.10. The number of halogens is 1. The van der Waals surface area contributed by atoms with Gasteiger partial charge in [0.15, 0.2) is 6.10 Å². The topological polar surface area (TPSA) is 123 Å². The Hall–Kier alpha value is -3.35. The molecule has 45 heavy (non-hydrogen) atoms. The second-order valence-corrected chi connectivity index (χ2v) is 13.4. The van der Waals surface area contributed by atoms with Crippen LogP contribution in [0.2, 0.25) is 0 Å². The van der Waals surface area contributed by atoms with Crippen molar-refractivity contribution in [1.29, 1.82) is 0 Å². The number of fused-ring (bicyclic) bond motifs is 1. The number of piperidine rings is 2. The summed E-state index contributed by atoms with van der Waals surface area (Å²) >= 11 is 3.49. The van der Waals surface area contributed by atoms with Gasteiger partial charge in [-0.1, -0.05) is 24.3 Å². The number of nitrogens with one attached hydrogen (secondary N) is 2. The molecular weight excluding hydrogens is 638 g/mol. The van der Waals surface area contributed by atoms with Crippen molar-refractivity contribution in [1.82, 2.24) is 24.9 Å². The number of hydrogen-bond acceptors (Lipinski definition) is 7. The number of ether oxygens (including phenoxy) is 1. The molecule has 1 atom stereocenters. The van der Waals surface area contributed by atoms with Gasteiger partial charge in [-0.25, -0.2) is 9.59 Å². The molecule has 4 amide bonds. The van der Waals surface area contributed by atoms with E-state index in [2.05, 4.69) is 31.5 Å². The van der Waals surface area contributed by atoms with Crippen LogP contribution in [0.15, 0.2) is 46.9 Å². The number of urea groups is 1. The molecule has 6 rings (SSSR count). The molecule has 0 radical (unpaired) electrons. The predicted molar refractivity (Wildman–Crippen MR) is 177 cm³/mol. The van der Waals surface area contributed by atoms with Gasteiger partial charge in [0.25, 0.3) is 5.91 Å². The third kappa shape index (κ3) is 7.56. The fraction of sp³-hybridized carbons (Fsp3) is 0.545. The zero-order valence-corrected chi connectivity index (χ0v) is 27.3. The second kappa shape index (κ2) is 14.4. The zero-order valence-electron chi connectivity index (χ0n) is 25.8. The molecule has 0 bridgehead atoms. The molecule has 4 N–H and O–H groups in total. The van der Waals surface area contributed by atoms with E-state index in [0.717, 1.165) is 66.7 Å². The summed E-state index contributed by atoms with van der Waals surface area (Å²) in [6.45, 7) is 6.96. The van der Waals surface area contributed by atoms with Crippen LogP contribution in [0.25, 0.3) is 0 Å². The highest BCUT2D eigenvalue weighted by atomic mass is 79.9. The number of nitrogens with two attached hydrogens (primary N) is 1. The molecule has 12 heteroatoms. The standard InChI is InChI=1S/C33H44BrN7O4/c34-27-21-23(5-6-28(27)35)22-30(31(42)39-14-8-25(9-15-39)38-19-12-36-13-20-38)45-33(44)40-16-10-26(11-17-40)41-18-7-24-3-1-2-4-29(24)37-32(41)43/h1-6,21,25-26,30,36H,7-20,22,35H2,(H,37,43). The number of nitrogen functional groups attached to an aromatic ring is 1. The Balaban J connectivity index is 1.07. The van der Waals surface area contributed by atoms with Crippen LogP contribution >= 0.6 is 15.9 Å². The maximum absolute atomic E-state index is 13.9. The van der Waals surface area contributed by atoms with Crippen molar-refractivity contribution in [3.05, 3.63) is 58.1 Å². The quantitative estimate of drug-likeness (QED) is 0.399. The highest BCUT2D eigenvalue weighted by Gasteiger charge is 2.36. The number of likely N-dealkylation sites (tertiary alicyclic amines) is 2. The molecular formula is C33H44BrN7O4. The molecule has 242 valence electrons. The Morgan fingerprint density at radius 3 is 2.33 bits per heavy atom. The summed E-state index contributed by atoms with van der Waals surface area (Å²) < 4.78 is 6.77. The van der Waals surface area contributed by atoms with Crippen LogP contribution in [0, 0.1) is 0 Å². The SMILES string of the molecule is Nc1ccc(CC(OC(=O)N2CCC(N3CCc4ccccc4NC3=O)CC2)C(=O)N2CCC(N3CCNCC3)CC2)cc1Br. The maximum atomic E-state index is 13.9. The predicted octanol–water partition coefficient (Wildman–Crippen LogP) is 3.53. The van der Waals surface area contributed by atoms with Gasteiger partial charge >= 0.3 is 12.1 Å². The molecule has 4 aliphatic rings. The van der Waals surface area contributed by atoms with E-state index in [4.69, 9.17) is 10.5 Å². The lowest BCUT2D eigenvalue weighted by Gasteiger charge is -2.41. The van der Waals surface area contributed by atoms with E-state index >= 15 is 0 Å². The monoisotopic (exact) mass is 681 g/mol. The Morgan fingerprint density at radius 2 is 1.60 bits per heavy atom. The average Bonchev–Trinajstić information content (AvgIpc) is 3.24. The molecule has 0 spiro atoms. The summed E-state index contributed by atoms with van der Waals surface area (Å²) in [4.78, 5) is 48.4. The van der Waals surface area contributed by atoms with Crippen molar-refractivity contribution in [2.75, 3.05) is 70.0 Å². The van der Waals surface area contributed by atoms with Crippen molar-refractivity contribution in [3.63, 3.8) is 0 Å². The van der Waals surface area contributed by atoms with Crippen molar-refractivity contribution in [3.8, 4) is 0 Å². The van der Waals surface area contributed by atoms with E-state index in [0.29, 0.717) is 57.3 Å². The van der Waals surface area contributed by atoms with Gasteiger partial charge in [-0.3, -0.25) is 9.69 Å². The zero-order chi connectivity index (χ0) is 31.3. The van der Waals surface area contributed by atoms with Crippen molar-refractivity contribution >= 4 is 45.3 Å². The molecule has 4 heterocycles. The molecule has 0 saturated carbocycles. The first-order chi connectivity index (χ1) is 21.9. The number of hydrogen-bond donors (Lipinski definition) is 3. The summed E-state index contributed by atoms with van der Waals surface area (Å²) in [5.74, 6) is -0.147. The maximum Gasteiger partial charge on any atom is 0.410 e. The number of carbonyl (C=O) groups is 3. The lowest BCUT2D eigenvalue weighted by atomic mass is 10.0. The summed E-state index contributed by atoms with van der Waals surface area (Å²) in [5.41, 5.74) is 9.47. The number of benzene rings is 2. The molecule has 0 aromatic heterocycles. The first kappa shape index (κ1) is 31.6. The number of rotatable bonds is 6. The first-order valence-electron chi connectivity index (χ1n) is 16.2. The number of amides is 4. The molecule has 2 aromatic rings. The third-order valence-corrected chi connectivity index (χ3v) is 10.4. The Morgan fingerprint density at radius 1 is 0.911 bits per heavy atom. The summed E-state index contributed by atoms with van der Waals surface area (Å²) in [6.07, 6.45) is 2.79. The molecule has 11 nitrogen and oxygen atoms in total.